The van der Waals surface area contributed by atoms with Crippen molar-refractivity contribution in [1.29, 1.82) is 0 Å². The van der Waals surface area contributed by atoms with E-state index in [1.807, 2.05) is 0 Å². The van der Waals surface area contributed by atoms with E-state index in [0.29, 0.717) is 17.6 Å². The third-order valence-corrected chi connectivity index (χ3v) is 5.37. The molecule has 3 nitrogen and oxygen atoms in total. The molecule has 2 fully saturated rings. The molecule has 2 aliphatic rings. The van der Waals surface area contributed by atoms with Crippen LogP contribution in [0.1, 0.15) is 46.0 Å². The van der Waals surface area contributed by atoms with Gasteiger partial charge < -0.3 is 15.0 Å². The molecule has 1 heterocycles. The number of nitrogens with one attached hydrogen (secondary N) is 1. The van der Waals surface area contributed by atoms with Crippen molar-refractivity contribution in [2.24, 2.45) is 11.3 Å². The molecule has 0 radical (unpaired) electrons. The van der Waals surface area contributed by atoms with Gasteiger partial charge in [-0.1, -0.05) is 19.8 Å². The summed E-state index contributed by atoms with van der Waals surface area (Å²) in [5.74, 6) is 0.920. The molecule has 0 aromatic rings. The number of nitrogens with zero attached hydrogens (tertiary/aromatic N) is 1. The lowest BCUT2D eigenvalue weighted by Gasteiger charge is -2.43. The number of hydrogen-bond acceptors (Lipinski definition) is 3. The van der Waals surface area contributed by atoms with E-state index >= 15 is 0 Å². The van der Waals surface area contributed by atoms with Crippen LogP contribution in [-0.2, 0) is 4.74 Å². The van der Waals surface area contributed by atoms with Gasteiger partial charge >= 0.3 is 0 Å². The Morgan fingerprint density at radius 2 is 1.89 bits per heavy atom. The zero-order chi connectivity index (χ0) is 13.9. The number of hydrogen-bond donors (Lipinski definition) is 1. The van der Waals surface area contributed by atoms with Gasteiger partial charge in [0.15, 0.2) is 0 Å². The molecule has 0 spiro atoms. The Bertz CT molecular complexity index is 274. The van der Waals surface area contributed by atoms with E-state index in [2.05, 4.69) is 38.2 Å². The molecule has 1 N–H and O–H groups in total. The quantitative estimate of drug-likeness (QED) is 0.829. The first-order chi connectivity index (χ1) is 9.06. The van der Waals surface area contributed by atoms with Crippen LogP contribution in [0.2, 0.25) is 0 Å². The molecule has 2 atom stereocenters. The molecule has 0 amide bonds. The summed E-state index contributed by atoms with van der Waals surface area (Å²) in [6.07, 6.45) is 7.14. The standard InChI is InChI=1S/C16H32N2O/c1-13-5-8-16(9-6-13,11-17-3)12-18(4)15-7-10-19-14(15)2/h13-15,17H,5-12H2,1-4H3. The molecule has 2 rings (SSSR count). The van der Waals surface area contributed by atoms with Crippen LogP contribution in [-0.4, -0.2) is 50.8 Å². The van der Waals surface area contributed by atoms with Crippen LogP contribution in [0.4, 0.5) is 0 Å². The summed E-state index contributed by atoms with van der Waals surface area (Å²) in [6.45, 7) is 7.94. The van der Waals surface area contributed by atoms with Crippen molar-refractivity contribution in [2.45, 2.75) is 58.1 Å². The molecule has 1 aliphatic carbocycles. The van der Waals surface area contributed by atoms with Gasteiger partial charge in [-0.15, -0.1) is 0 Å². The first-order valence-corrected chi connectivity index (χ1v) is 8.03. The molecule has 3 heteroatoms. The van der Waals surface area contributed by atoms with Gasteiger partial charge in [-0.2, -0.15) is 0 Å². The number of ether oxygens (including phenoxy) is 1. The van der Waals surface area contributed by atoms with Gasteiger partial charge in [0.2, 0.25) is 0 Å². The fourth-order valence-corrected chi connectivity index (χ4v) is 4.09. The SMILES string of the molecule is CNCC1(CN(C)C2CCOC2C)CCC(C)CC1. The lowest BCUT2D eigenvalue weighted by atomic mass is 9.70. The minimum atomic E-state index is 0.402. The Kier molecular flexibility index (Phi) is 5.27. The largest absolute Gasteiger partial charge is 0.377 e. The summed E-state index contributed by atoms with van der Waals surface area (Å²) in [7, 11) is 4.40. The van der Waals surface area contributed by atoms with E-state index in [1.54, 1.807) is 0 Å². The highest BCUT2D eigenvalue weighted by atomic mass is 16.5. The maximum atomic E-state index is 5.73. The predicted molar refractivity (Wildman–Crippen MR) is 80.4 cm³/mol. The normalized spacial score (nSPS) is 39.9. The Morgan fingerprint density at radius 1 is 1.21 bits per heavy atom. The van der Waals surface area contributed by atoms with Crippen LogP contribution in [0.5, 0.6) is 0 Å². The maximum Gasteiger partial charge on any atom is 0.0702 e. The van der Waals surface area contributed by atoms with Crippen molar-refractivity contribution in [3.8, 4) is 0 Å². The van der Waals surface area contributed by atoms with Gasteiger partial charge in [0.25, 0.3) is 0 Å². The average Bonchev–Trinajstić information content (AvgIpc) is 2.80. The van der Waals surface area contributed by atoms with Gasteiger partial charge in [0.1, 0.15) is 0 Å². The van der Waals surface area contributed by atoms with Gasteiger partial charge in [-0.3, -0.25) is 0 Å². The molecule has 19 heavy (non-hydrogen) atoms. The minimum Gasteiger partial charge on any atom is -0.377 e. The third kappa shape index (κ3) is 3.71. The van der Waals surface area contributed by atoms with Gasteiger partial charge in [0, 0.05) is 25.7 Å². The van der Waals surface area contributed by atoms with Crippen LogP contribution >= 0.6 is 0 Å². The monoisotopic (exact) mass is 268 g/mol. The molecule has 0 aromatic heterocycles. The smallest absolute Gasteiger partial charge is 0.0702 e. The molecular weight excluding hydrogens is 236 g/mol. The number of rotatable bonds is 5. The van der Waals surface area contributed by atoms with Crippen LogP contribution < -0.4 is 5.32 Å². The van der Waals surface area contributed by atoms with Crippen molar-refractivity contribution < 1.29 is 4.74 Å². The molecule has 0 aromatic carbocycles. The van der Waals surface area contributed by atoms with Crippen molar-refractivity contribution in [3.63, 3.8) is 0 Å². The second-order valence-electron chi connectivity index (χ2n) is 7.06. The van der Waals surface area contributed by atoms with Gasteiger partial charge in [0.05, 0.1) is 6.10 Å². The first kappa shape index (κ1) is 15.3. The van der Waals surface area contributed by atoms with Crippen LogP contribution in [0.15, 0.2) is 0 Å². The van der Waals surface area contributed by atoms with E-state index in [1.165, 1.54) is 38.6 Å². The lowest BCUT2D eigenvalue weighted by Crippen LogP contribution is -2.48. The zero-order valence-corrected chi connectivity index (χ0v) is 13.2. The van der Waals surface area contributed by atoms with E-state index < -0.39 is 0 Å². The third-order valence-electron chi connectivity index (χ3n) is 5.37. The molecule has 1 saturated heterocycles. The molecule has 1 aliphatic heterocycles. The predicted octanol–water partition coefficient (Wildman–Crippen LogP) is 2.51. The summed E-state index contributed by atoms with van der Waals surface area (Å²) >= 11 is 0. The molecule has 0 bridgehead atoms. The molecule has 2 unspecified atom stereocenters. The average molecular weight is 268 g/mol. The Morgan fingerprint density at radius 3 is 2.42 bits per heavy atom. The fraction of sp³-hybridized carbons (Fsp3) is 1.00. The highest BCUT2D eigenvalue weighted by Crippen LogP contribution is 2.39. The molecule has 112 valence electrons. The summed E-state index contributed by atoms with van der Waals surface area (Å²) in [4.78, 5) is 2.57. The van der Waals surface area contributed by atoms with Crippen molar-refractivity contribution in [1.82, 2.24) is 10.2 Å². The summed E-state index contributed by atoms with van der Waals surface area (Å²) in [5.41, 5.74) is 0.484. The van der Waals surface area contributed by atoms with Crippen molar-refractivity contribution in [3.05, 3.63) is 0 Å². The van der Waals surface area contributed by atoms with E-state index in [-0.39, 0.29) is 0 Å². The second-order valence-corrected chi connectivity index (χ2v) is 7.06. The highest BCUT2D eigenvalue weighted by molar-refractivity contribution is 4.91. The van der Waals surface area contributed by atoms with Crippen LogP contribution in [0, 0.1) is 11.3 Å². The summed E-state index contributed by atoms with van der Waals surface area (Å²) < 4.78 is 5.73. The highest BCUT2D eigenvalue weighted by Gasteiger charge is 2.37. The van der Waals surface area contributed by atoms with Crippen LogP contribution in [0.25, 0.3) is 0 Å². The number of likely N-dealkylation sites (N-methyl/N-ethyl adjacent to an activating group) is 1. The topological polar surface area (TPSA) is 24.5 Å². The van der Waals surface area contributed by atoms with Gasteiger partial charge in [-0.25, -0.2) is 0 Å². The summed E-state index contributed by atoms with van der Waals surface area (Å²) in [6, 6.07) is 0.619. The Hall–Kier alpha value is -0.120. The minimum absolute atomic E-state index is 0.402. The maximum absolute atomic E-state index is 5.73. The Labute approximate surface area is 119 Å². The first-order valence-electron chi connectivity index (χ1n) is 8.03. The van der Waals surface area contributed by atoms with Crippen molar-refractivity contribution in [2.75, 3.05) is 33.8 Å². The lowest BCUT2D eigenvalue weighted by molar-refractivity contribution is 0.0452. The molecule has 1 saturated carbocycles. The fourth-order valence-electron chi connectivity index (χ4n) is 4.09. The van der Waals surface area contributed by atoms with E-state index in [0.717, 1.165) is 19.1 Å². The van der Waals surface area contributed by atoms with E-state index in [4.69, 9.17) is 4.74 Å². The summed E-state index contributed by atoms with van der Waals surface area (Å²) in [5, 5.41) is 3.44. The van der Waals surface area contributed by atoms with Gasteiger partial charge in [-0.05, 0) is 51.6 Å². The van der Waals surface area contributed by atoms with Crippen LogP contribution in [0.3, 0.4) is 0 Å². The van der Waals surface area contributed by atoms with E-state index in [9.17, 15) is 0 Å². The second kappa shape index (κ2) is 6.55. The zero-order valence-electron chi connectivity index (χ0n) is 13.2. The molecular formula is C16H32N2O. The van der Waals surface area contributed by atoms with Crippen molar-refractivity contribution >= 4 is 0 Å². The Balaban J connectivity index is 1.95.